The van der Waals surface area contributed by atoms with Crippen LogP contribution in [-0.2, 0) is 34.0 Å². The lowest BCUT2D eigenvalue weighted by Crippen LogP contribution is -2.59. The second-order valence-corrected chi connectivity index (χ2v) is 12.5. The highest BCUT2D eigenvalue weighted by atomic mass is 16.6. The molecule has 4 nitrogen and oxygen atoms in total. The summed E-state index contributed by atoms with van der Waals surface area (Å²) in [4.78, 5) is 0. The van der Waals surface area contributed by atoms with Gasteiger partial charge >= 0.3 is 0 Å². The third kappa shape index (κ3) is 7.67. The lowest BCUT2D eigenvalue weighted by atomic mass is 9.70. The summed E-state index contributed by atoms with van der Waals surface area (Å²) in [5, 5.41) is 3.79. The van der Waals surface area contributed by atoms with E-state index in [9.17, 15) is 0 Å². The summed E-state index contributed by atoms with van der Waals surface area (Å²) in [6, 6.07) is 32.4. The molecule has 3 aromatic carbocycles. The van der Waals surface area contributed by atoms with Crippen LogP contribution in [0.2, 0.25) is 0 Å². The van der Waals surface area contributed by atoms with Crippen LogP contribution in [0.15, 0.2) is 91.0 Å². The maximum absolute atomic E-state index is 7.15. The highest BCUT2D eigenvalue weighted by Crippen LogP contribution is 2.51. The summed E-state index contributed by atoms with van der Waals surface area (Å²) in [5.74, 6) is 1.26. The predicted octanol–water partition coefficient (Wildman–Crippen LogP) is 7.86. The number of piperidine rings is 1. The van der Waals surface area contributed by atoms with Gasteiger partial charge in [0, 0.05) is 6.04 Å². The molecule has 3 aromatic rings. The van der Waals surface area contributed by atoms with Crippen LogP contribution in [0.3, 0.4) is 0 Å². The second kappa shape index (κ2) is 14.1. The van der Waals surface area contributed by atoms with Crippen molar-refractivity contribution in [2.24, 2.45) is 11.8 Å². The fourth-order valence-corrected chi connectivity index (χ4v) is 7.14. The molecule has 0 spiro atoms. The van der Waals surface area contributed by atoms with E-state index < -0.39 is 5.60 Å². The van der Waals surface area contributed by atoms with E-state index in [1.165, 1.54) is 48.8 Å². The van der Waals surface area contributed by atoms with E-state index in [1.54, 1.807) is 0 Å². The molecule has 2 saturated carbocycles. The van der Waals surface area contributed by atoms with Crippen molar-refractivity contribution in [2.75, 3.05) is 6.54 Å². The van der Waals surface area contributed by atoms with Crippen LogP contribution in [0.5, 0.6) is 0 Å². The van der Waals surface area contributed by atoms with E-state index in [4.69, 9.17) is 14.2 Å². The average molecular weight is 554 g/mol. The molecule has 1 aliphatic heterocycles. The molecule has 1 saturated heterocycles. The summed E-state index contributed by atoms with van der Waals surface area (Å²) >= 11 is 0. The van der Waals surface area contributed by atoms with Gasteiger partial charge in [-0.2, -0.15) is 0 Å². The molecule has 1 N–H and O–H groups in total. The quantitative estimate of drug-likeness (QED) is 0.234. The fourth-order valence-electron chi connectivity index (χ4n) is 7.14. The Hall–Kier alpha value is -2.50. The largest absolute Gasteiger partial charge is 0.370 e. The van der Waals surface area contributed by atoms with E-state index in [0.717, 1.165) is 38.1 Å². The molecular formula is C37H47NO3. The summed E-state index contributed by atoms with van der Waals surface area (Å²) in [6.07, 6.45) is 10.6. The molecule has 5 atom stereocenters. The number of rotatable bonds is 13. The van der Waals surface area contributed by atoms with E-state index >= 15 is 0 Å². The third-order valence-corrected chi connectivity index (χ3v) is 9.62. The van der Waals surface area contributed by atoms with Crippen molar-refractivity contribution in [3.05, 3.63) is 108 Å². The monoisotopic (exact) mass is 553 g/mol. The zero-order valence-electron chi connectivity index (χ0n) is 24.5. The number of hydrogen-bond donors (Lipinski definition) is 1. The first-order valence-electron chi connectivity index (χ1n) is 16.0. The maximum Gasteiger partial charge on any atom is 0.113 e. The lowest BCUT2D eigenvalue weighted by molar-refractivity contribution is -0.241. The highest BCUT2D eigenvalue weighted by Gasteiger charge is 2.54. The molecule has 0 bridgehead atoms. The van der Waals surface area contributed by atoms with Crippen molar-refractivity contribution < 1.29 is 14.2 Å². The first kappa shape index (κ1) is 28.6. The van der Waals surface area contributed by atoms with Crippen molar-refractivity contribution in [3.63, 3.8) is 0 Å². The summed E-state index contributed by atoms with van der Waals surface area (Å²) < 4.78 is 21.2. The van der Waals surface area contributed by atoms with Crippen LogP contribution < -0.4 is 5.32 Å². The van der Waals surface area contributed by atoms with Gasteiger partial charge in [-0.25, -0.2) is 0 Å². The van der Waals surface area contributed by atoms with Crippen LogP contribution in [-0.4, -0.2) is 30.4 Å². The first-order chi connectivity index (χ1) is 20.3. The molecule has 3 aliphatic rings. The van der Waals surface area contributed by atoms with Gasteiger partial charge in [-0.05, 0) is 86.4 Å². The minimum atomic E-state index is -0.392. The number of nitrogens with one attached hydrogen (secondary N) is 1. The lowest BCUT2D eigenvalue weighted by Gasteiger charge is -2.51. The van der Waals surface area contributed by atoms with Gasteiger partial charge in [0.05, 0.1) is 31.5 Å². The van der Waals surface area contributed by atoms with E-state index in [1.807, 2.05) is 0 Å². The molecule has 0 radical (unpaired) electrons. The molecule has 41 heavy (non-hydrogen) atoms. The van der Waals surface area contributed by atoms with Gasteiger partial charge < -0.3 is 19.5 Å². The Morgan fingerprint density at radius 2 is 1.27 bits per heavy atom. The second-order valence-electron chi connectivity index (χ2n) is 12.5. The Balaban J connectivity index is 1.30. The van der Waals surface area contributed by atoms with Crippen molar-refractivity contribution in [2.45, 2.75) is 101 Å². The smallest absolute Gasteiger partial charge is 0.113 e. The van der Waals surface area contributed by atoms with Gasteiger partial charge in [0.2, 0.25) is 0 Å². The van der Waals surface area contributed by atoms with Crippen LogP contribution in [0, 0.1) is 11.8 Å². The SMILES string of the molecule is c1ccc(COC2C(C3CC3)CCC(CCC3CCCCN3)(OCc3ccccc3)C2OCc2ccccc2)cc1. The van der Waals surface area contributed by atoms with Crippen LogP contribution in [0.4, 0.5) is 0 Å². The molecule has 4 heteroatoms. The molecule has 5 unspecified atom stereocenters. The maximum atomic E-state index is 7.15. The Morgan fingerprint density at radius 3 is 1.85 bits per heavy atom. The molecule has 3 fully saturated rings. The summed E-state index contributed by atoms with van der Waals surface area (Å²) in [6.45, 7) is 2.91. The van der Waals surface area contributed by atoms with Crippen molar-refractivity contribution in [1.29, 1.82) is 0 Å². The Bertz CT molecular complexity index is 1160. The molecule has 1 heterocycles. The van der Waals surface area contributed by atoms with Gasteiger partial charge in [0.1, 0.15) is 6.10 Å². The van der Waals surface area contributed by atoms with Crippen molar-refractivity contribution in [3.8, 4) is 0 Å². The minimum absolute atomic E-state index is 0.00950. The normalized spacial score (nSPS) is 28.4. The fraction of sp³-hybridized carbons (Fsp3) is 0.514. The molecule has 0 amide bonds. The molecule has 218 valence electrons. The van der Waals surface area contributed by atoms with E-state index in [-0.39, 0.29) is 12.2 Å². The minimum Gasteiger partial charge on any atom is -0.370 e. The topological polar surface area (TPSA) is 39.7 Å². The van der Waals surface area contributed by atoms with E-state index in [0.29, 0.717) is 31.8 Å². The zero-order valence-corrected chi connectivity index (χ0v) is 24.5. The Labute approximate surface area is 246 Å². The van der Waals surface area contributed by atoms with Crippen molar-refractivity contribution in [1.82, 2.24) is 5.32 Å². The van der Waals surface area contributed by atoms with Crippen LogP contribution in [0.1, 0.15) is 74.5 Å². The predicted molar refractivity (Wildman–Crippen MR) is 164 cm³/mol. The highest BCUT2D eigenvalue weighted by molar-refractivity contribution is 5.17. The van der Waals surface area contributed by atoms with Crippen LogP contribution >= 0.6 is 0 Å². The van der Waals surface area contributed by atoms with Gasteiger partial charge in [-0.15, -0.1) is 0 Å². The molecule has 0 aromatic heterocycles. The summed E-state index contributed by atoms with van der Waals surface area (Å²) in [7, 11) is 0. The zero-order chi connectivity index (χ0) is 27.7. The first-order valence-corrected chi connectivity index (χ1v) is 16.0. The van der Waals surface area contributed by atoms with Crippen LogP contribution in [0.25, 0.3) is 0 Å². The molecular weight excluding hydrogens is 506 g/mol. The van der Waals surface area contributed by atoms with E-state index in [2.05, 4.69) is 96.3 Å². The van der Waals surface area contributed by atoms with Gasteiger partial charge in [-0.3, -0.25) is 0 Å². The van der Waals surface area contributed by atoms with Gasteiger partial charge in [-0.1, -0.05) is 97.4 Å². The number of hydrogen-bond acceptors (Lipinski definition) is 4. The number of ether oxygens (including phenoxy) is 3. The summed E-state index contributed by atoms with van der Waals surface area (Å²) in [5.41, 5.74) is 3.25. The number of benzene rings is 3. The average Bonchev–Trinajstić information content (AvgIpc) is 3.89. The van der Waals surface area contributed by atoms with Gasteiger partial charge in [0.15, 0.2) is 0 Å². The Kier molecular flexibility index (Phi) is 9.85. The Morgan fingerprint density at radius 1 is 0.659 bits per heavy atom. The molecule has 2 aliphatic carbocycles. The van der Waals surface area contributed by atoms with Gasteiger partial charge in [0.25, 0.3) is 0 Å². The van der Waals surface area contributed by atoms with Crippen molar-refractivity contribution >= 4 is 0 Å². The third-order valence-electron chi connectivity index (χ3n) is 9.62. The molecule has 6 rings (SSSR count). The standard InChI is InChI=1S/C37H47NO3/c1-4-12-29(13-5-1)26-39-35-34(32-19-20-32)22-24-37(23-21-33-18-10-11-25-38-33,41-28-31-16-8-3-9-17-31)36(35)40-27-30-14-6-2-7-15-30/h1-9,12-17,32-36,38H,10-11,18-28H2.